The van der Waals surface area contributed by atoms with Crippen LogP contribution in [-0.2, 0) is 0 Å². The zero-order chi connectivity index (χ0) is 22.5. The van der Waals surface area contributed by atoms with Crippen molar-refractivity contribution in [1.82, 2.24) is 0 Å². The standard InChI is InChI=1S/C28H31FO3/c1-3-15-31-24-10-12-25(13-11-24)32-28(30)26-14-9-23(18-27(26)29)22-8-7-20-16-19(4-2)5-6-21(20)17-22/h3-4,9-14,18-22H,1-2,5-8,15-17H2. The van der Waals surface area contributed by atoms with Gasteiger partial charge in [0.2, 0.25) is 0 Å². The minimum Gasteiger partial charge on any atom is -0.490 e. The summed E-state index contributed by atoms with van der Waals surface area (Å²) < 4.78 is 25.6. The van der Waals surface area contributed by atoms with Gasteiger partial charge in [0, 0.05) is 0 Å². The Morgan fingerprint density at radius 3 is 2.41 bits per heavy atom. The molecule has 0 aliphatic heterocycles. The number of hydrogen-bond donors (Lipinski definition) is 0. The summed E-state index contributed by atoms with van der Waals surface area (Å²) in [6.07, 6.45) is 10.9. The van der Waals surface area contributed by atoms with Crippen molar-refractivity contribution in [3.63, 3.8) is 0 Å². The monoisotopic (exact) mass is 434 g/mol. The third kappa shape index (κ3) is 5.12. The summed E-state index contributed by atoms with van der Waals surface area (Å²) in [5.41, 5.74) is 0.952. The molecule has 32 heavy (non-hydrogen) atoms. The van der Waals surface area contributed by atoms with Gasteiger partial charge in [0.1, 0.15) is 23.9 Å². The largest absolute Gasteiger partial charge is 0.490 e. The summed E-state index contributed by atoms with van der Waals surface area (Å²) in [7, 11) is 0. The molecule has 2 saturated carbocycles. The first-order valence-electron chi connectivity index (χ1n) is 11.5. The molecule has 0 heterocycles. The predicted octanol–water partition coefficient (Wildman–Crippen LogP) is 7.10. The van der Waals surface area contributed by atoms with E-state index in [0.717, 1.165) is 30.2 Å². The van der Waals surface area contributed by atoms with Crippen molar-refractivity contribution in [2.45, 2.75) is 44.4 Å². The van der Waals surface area contributed by atoms with E-state index < -0.39 is 11.8 Å². The van der Waals surface area contributed by atoms with Crippen LogP contribution < -0.4 is 9.47 Å². The second-order valence-electron chi connectivity index (χ2n) is 9.04. The molecule has 0 radical (unpaired) electrons. The summed E-state index contributed by atoms with van der Waals surface area (Å²) >= 11 is 0. The Bertz CT molecular complexity index is 965. The number of benzene rings is 2. The second kappa shape index (κ2) is 10.2. The summed E-state index contributed by atoms with van der Waals surface area (Å²) in [6, 6.07) is 11.6. The first-order chi connectivity index (χ1) is 15.6. The molecule has 0 amide bonds. The molecule has 4 unspecified atom stereocenters. The van der Waals surface area contributed by atoms with Crippen molar-refractivity contribution in [3.05, 3.63) is 84.7 Å². The van der Waals surface area contributed by atoms with E-state index in [-0.39, 0.29) is 5.56 Å². The summed E-state index contributed by atoms with van der Waals surface area (Å²) in [4.78, 5) is 12.5. The fourth-order valence-corrected chi connectivity index (χ4v) is 5.31. The molecule has 2 aromatic carbocycles. The highest BCUT2D eigenvalue weighted by molar-refractivity contribution is 5.91. The summed E-state index contributed by atoms with van der Waals surface area (Å²) in [5, 5.41) is 0. The van der Waals surface area contributed by atoms with Crippen LogP contribution in [0.15, 0.2) is 67.8 Å². The van der Waals surface area contributed by atoms with E-state index in [9.17, 15) is 9.18 Å². The zero-order valence-electron chi connectivity index (χ0n) is 18.5. The topological polar surface area (TPSA) is 35.5 Å². The molecule has 0 saturated heterocycles. The molecular formula is C28H31FO3. The number of carbonyl (C=O) groups is 1. The SMILES string of the molecule is C=CCOc1ccc(OC(=O)c2ccc(C3CCC4CC(C=C)CCC4C3)cc2F)cc1. The molecular weight excluding hydrogens is 403 g/mol. The number of carbonyl (C=O) groups excluding carboxylic acids is 1. The Labute approximate surface area is 189 Å². The van der Waals surface area contributed by atoms with Crippen LogP contribution in [0.2, 0.25) is 0 Å². The smallest absolute Gasteiger partial charge is 0.346 e. The van der Waals surface area contributed by atoms with Crippen molar-refractivity contribution in [2.75, 3.05) is 6.61 Å². The number of halogens is 1. The van der Waals surface area contributed by atoms with E-state index in [4.69, 9.17) is 9.47 Å². The van der Waals surface area contributed by atoms with Crippen molar-refractivity contribution in [2.24, 2.45) is 17.8 Å². The maximum Gasteiger partial charge on any atom is 0.346 e. The molecule has 168 valence electrons. The van der Waals surface area contributed by atoms with Crippen LogP contribution in [0.5, 0.6) is 11.5 Å². The van der Waals surface area contributed by atoms with Gasteiger partial charge in [0.15, 0.2) is 0 Å². The average Bonchev–Trinajstić information content (AvgIpc) is 2.82. The first-order valence-corrected chi connectivity index (χ1v) is 11.5. The molecule has 2 aromatic rings. The van der Waals surface area contributed by atoms with Crippen LogP contribution in [0.3, 0.4) is 0 Å². The average molecular weight is 435 g/mol. The number of esters is 1. The quantitative estimate of drug-likeness (QED) is 0.265. The van der Waals surface area contributed by atoms with Crippen molar-refractivity contribution in [1.29, 1.82) is 0 Å². The maximum absolute atomic E-state index is 14.9. The summed E-state index contributed by atoms with van der Waals surface area (Å²) in [6.45, 7) is 7.97. The maximum atomic E-state index is 14.9. The van der Waals surface area contributed by atoms with Crippen LogP contribution in [0, 0.1) is 23.6 Å². The van der Waals surface area contributed by atoms with Crippen LogP contribution in [0.4, 0.5) is 4.39 Å². The van der Waals surface area contributed by atoms with E-state index in [0.29, 0.717) is 29.9 Å². The number of rotatable bonds is 7. The Kier molecular flexibility index (Phi) is 7.09. The van der Waals surface area contributed by atoms with Gasteiger partial charge in [-0.25, -0.2) is 9.18 Å². The molecule has 0 spiro atoms. The fourth-order valence-electron chi connectivity index (χ4n) is 5.31. The first kappa shape index (κ1) is 22.3. The Balaban J connectivity index is 1.38. The molecule has 4 rings (SSSR count). The second-order valence-corrected chi connectivity index (χ2v) is 9.04. The van der Waals surface area contributed by atoms with Crippen molar-refractivity contribution < 1.29 is 18.7 Å². The van der Waals surface area contributed by atoms with Crippen LogP contribution in [0.1, 0.15) is 60.4 Å². The molecule has 3 nitrogen and oxygen atoms in total. The number of fused-ring (bicyclic) bond motifs is 1. The van der Waals surface area contributed by atoms with E-state index in [1.54, 1.807) is 36.4 Å². The lowest BCUT2D eigenvalue weighted by Crippen LogP contribution is -2.30. The van der Waals surface area contributed by atoms with Gasteiger partial charge >= 0.3 is 5.97 Å². The highest BCUT2D eigenvalue weighted by Gasteiger charge is 2.35. The molecule has 0 N–H and O–H groups in total. The van der Waals surface area contributed by atoms with E-state index in [2.05, 4.69) is 19.2 Å². The van der Waals surface area contributed by atoms with Crippen LogP contribution in [-0.4, -0.2) is 12.6 Å². The van der Waals surface area contributed by atoms with Gasteiger partial charge < -0.3 is 9.47 Å². The Morgan fingerprint density at radius 2 is 1.69 bits per heavy atom. The van der Waals surface area contributed by atoms with Crippen molar-refractivity contribution in [3.8, 4) is 11.5 Å². The highest BCUT2D eigenvalue weighted by atomic mass is 19.1. The zero-order valence-corrected chi connectivity index (χ0v) is 18.5. The minimum atomic E-state index is -0.694. The lowest BCUT2D eigenvalue weighted by molar-refractivity contribution is 0.0729. The third-order valence-electron chi connectivity index (χ3n) is 7.07. The normalized spacial score (nSPS) is 24.8. The van der Waals surface area contributed by atoms with E-state index >= 15 is 0 Å². The molecule has 4 heteroatoms. The van der Waals surface area contributed by atoms with Gasteiger partial charge in [-0.2, -0.15) is 0 Å². The fraction of sp³-hybridized carbons (Fsp3) is 0.393. The summed E-state index contributed by atoms with van der Waals surface area (Å²) in [5.74, 6) is 2.29. The Hall–Kier alpha value is -2.88. The van der Waals surface area contributed by atoms with Crippen LogP contribution in [0.25, 0.3) is 0 Å². The number of ether oxygens (including phenoxy) is 2. The third-order valence-corrected chi connectivity index (χ3v) is 7.07. The molecule has 2 fully saturated rings. The Morgan fingerprint density at radius 1 is 0.969 bits per heavy atom. The minimum absolute atomic E-state index is 0.0408. The van der Waals surface area contributed by atoms with E-state index in [1.807, 2.05) is 6.07 Å². The van der Waals surface area contributed by atoms with Gasteiger partial charge in [-0.3, -0.25) is 0 Å². The van der Waals surface area contributed by atoms with Gasteiger partial charge in [-0.15, -0.1) is 6.58 Å². The molecule has 0 aromatic heterocycles. The number of allylic oxidation sites excluding steroid dienone is 1. The lowest BCUT2D eigenvalue weighted by Gasteiger charge is -2.41. The van der Waals surface area contributed by atoms with Gasteiger partial charge in [0.05, 0.1) is 5.56 Å². The molecule has 2 aliphatic carbocycles. The molecule has 2 aliphatic rings. The van der Waals surface area contributed by atoms with Gasteiger partial charge in [-0.05, 0) is 104 Å². The van der Waals surface area contributed by atoms with Gasteiger partial charge in [0.25, 0.3) is 0 Å². The van der Waals surface area contributed by atoms with E-state index in [1.165, 1.54) is 31.7 Å². The van der Waals surface area contributed by atoms with Gasteiger partial charge in [-0.1, -0.05) is 24.8 Å². The number of hydrogen-bond acceptors (Lipinski definition) is 3. The van der Waals surface area contributed by atoms with Crippen LogP contribution >= 0.6 is 0 Å². The lowest BCUT2D eigenvalue weighted by atomic mass is 9.64. The molecule has 4 atom stereocenters. The molecule has 0 bridgehead atoms. The van der Waals surface area contributed by atoms with Crippen molar-refractivity contribution >= 4 is 5.97 Å². The predicted molar refractivity (Wildman–Crippen MR) is 125 cm³/mol. The highest BCUT2D eigenvalue weighted by Crippen LogP contribution is 2.47.